The summed E-state index contributed by atoms with van der Waals surface area (Å²) in [5.74, 6) is -2.18. The zero-order valence-electron chi connectivity index (χ0n) is 20.1. The maximum Gasteiger partial charge on any atom is 0.328 e. The van der Waals surface area contributed by atoms with Crippen molar-refractivity contribution in [3.05, 3.63) is 70.3 Å². The fraction of sp³-hybridized carbons (Fsp3) is 0.444. The maximum absolute atomic E-state index is 15.4. The molecule has 8 heteroatoms. The van der Waals surface area contributed by atoms with Crippen LogP contribution in [0.25, 0.3) is 6.08 Å². The highest BCUT2D eigenvalue weighted by molar-refractivity contribution is 5.85. The smallest absolute Gasteiger partial charge is 0.328 e. The number of ether oxygens (including phenoxy) is 2. The van der Waals surface area contributed by atoms with Gasteiger partial charge in [-0.3, -0.25) is 4.90 Å². The largest absolute Gasteiger partial charge is 0.488 e. The molecule has 0 spiro atoms. The number of alkyl halides is 1. The van der Waals surface area contributed by atoms with E-state index in [0.717, 1.165) is 36.3 Å². The number of hydrogen-bond donors (Lipinski definition) is 1. The molecule has 0 aliphatic carbocycles. The van der Waals surface area contributed by atoms with Crippen LogP contribution < -0.4 is 4.74 Å². The number of carboxylic acid groups (broad SMARTS) is 1. The van der Waals surface area contributed by atoms with Gasteiger partial charge in [0.2, 0.25) is 0 Å². The van der Waals surface area contributed by atoms with Crippen molar-refractivity contribution in [3.63, 3.8) is 0 Å². The molecule has 35 heavy (non-hydrogen) atoms. The number of carbonyl (C=O) groups is 1. The van der Waals surface area contributed by atoms with Crippen molar-refractivity contribution in [3.8, 4) is 5.75 Å². The van der Waals surface area contributed by atoms with Gasteiger partial charge >= 0.3 is 5.97 Å². The summed E-state index contributed by atoms with van der Waals surface area (Å²) in [6.45, 7) is 5.96. The average molecular weight is 490 g/mol. The topological polar surface area (TPSA) is 59.0 Å². The fourth-order valence-corrected chi connectivity index (χ4v) is 4.90. The molecule has 2 unspecified atom stereocenters. The van der Waals surface area contributed by atoms with Gasteiger partial charge in [-0.15, -0.1) is 0 Å². The number of hydrogen-bond acceptors (Lipinski definition) is 4. The number of carboxylic acids is 1. The number of halogens is 3. The first-order chi connectivity index (χ1) is 16.5. The van der Waals surface area contributed by atoms with Crippen LogP contribution in [0.3, 0.4) is 0 Å². The molecule has 0 amide bonds. The molecule has 0 aromatic heterocycles. The minimum Gasteiger partial charge on any atom is -0.488 e. The summed E-state index contributed by atoms with van der Waals surface area (Å²) in [4.78, 5) is 12.6. The van der Waals surface area contributed by atoms with Crippen molar-refractivity contribution < 1.29 is 32.5 Å². The third-order valence-electron chi connectivity index (χ3n) is 6.36. The van der Waals surface area contributed by atoms with E-state index in [1.54, 1.807) is 17.0 Å². The third kappa shape index (κ3) is 5.87. The second-order valence-electron chi connectivity index (χ2n) is 9.88. The number of benzene rings is 2. The Morgan fingerprint density at radius 2 is 1.97 bits per heavy atom. The SMILES string of the molecule is CC1Cc2cc(O[C@H]3CCOC3)ccc2C(c2c(F)cc(/C=C/C(=O)O)cc2F)N1CC(C)(C)F. The van der Waals surface area contributed by atoms with E-state index in [2.05, 4.69) is 0 Å². The number of rotatable bonds is 7. The van der Waals surface area contributed by atoms with Crippen LogP contribution in [0.15, 0.2) is 36.4 Å². The summed E-state index contributed by atoms with van der Waals surface area (Å²) < 4.78 is 57.1. The quantitative estimate of drug-likeness (QED) is 0.534. The van der Waals surface area contributed by atoms with Crippen molar-refractivity contribution >= 4 is 12.0 Å². The molecule has 1 saturated heterocycles. The molecule has 2 aromatic carbocycles. The molecule has 0 radical (unpaired) electrons. The summed E-state index contributed by atoms with van der Waals surface area (Å²) in [5.41, 5.74) is -0.107. The minimum absolute atomic E-state index is 0.0184. The normalized spacial score (nSPS) is 23.0. The van der Waals surface area contributed by atoms with Gasteiger partial charge in [0.25, 0.3) is 0 Å². The first-order valence-corrected chi connectivity index (χ1v) is 11.7. The lowest BCUT2D eigenvalue weighted by atomic mass is 9.83. The second kappa shape index (κ2) is 10.0. The van der Waals surface area contributed by atoms with Gasteiger partial charge < -0.3 is 14.6 Å². The molecule has 2 aromatic rings. The zero-order chi connectivity index (χ0) is 25.3. The summed E-state index contributed by atoms with van der Waals surface area (Å²) >= 11 is 0. The Morgan fingerprint density at radius 1 is 1.26 bits per heavy atom. The van der Waals surface area contributed by atoms with Gasteiger partial charge in [0.05, 0.1) is 19.3 Å². The Balaban J connectivity index is 1.78. The highest BCUT2D eigenvalue weighted by Gasteiger charge is 2.39. The summed E-state index contributed by atoms with van der Waals surface area (Å²) in [7, 11) is 0. The molecular formula is C27H30F3NO4. The van der Waals surface area contributed by atoms with Gasteiger partial charge in [0.1, 0.15) is 29.2 Å². The van der Waals surface area contributed by atoms with E-state index >= 15 is 8.78 Å². The van der Waals surface area contributed by atoms with E-state index in [-0.39, 0.29) is 29.8 Å². The van der Waals surface area contributed by atoms with Crippen molar-refractivity contribution in [1.29, 1.82) is 0 Å². The standard InChI is InChI=1S/C27H30F3NO4/c1-16-10-18-13-19(35-20-8-9-34-14-20)5-6-21(18)26(31(16)15-27(2,3)30)25-22(28)11-17(12-23(25)29)4-7-24(32)33/h4-7,11-13,16,20,26H,8-10,14-15H2,1-3H3,(H,32,33)/b7-4+/t16?,20-,26?/m0/s1. The van der Waals surface area contributed by atoms with E-state index in [1.165, 1.54) is 13.8 Å². The molecule has 1 N–H and O–H groups in total. The van der Waals surface area contributed by atoms with Crippen LogP contribution in [0.2, 0.25) is 0 Å². The van der Waals surface area contributed by atoms with Crippen LogP contribution in [0, 0.1) is 11.6 Å². The molecule has 2 aliphatic rings. The number of fused-ring (bicyclic) bond motifs is 1. The first kappa shape index (κ1) is 25.3. The monoisotopic (exact) mass is 489 g/mol. The van der Waals surface area contributed by atoms with Crippen LogP contribution in [0.4, 0.5) is 13.2 Å². The van der Waals surface area contributed by atoms with E-state index in [1.807, 2.05) is 13.0 Å². The Morgan fingerprint density at radius 3 is 2.57 bits per heavy atom. The lowest BCUT2D eigenvalue weighted by Gasteiger charge is -2.44. The third-order valence-corrected chi connectivity index (χ3v) is 6.36. The molecule has 0 bridgehead atoms. The Hall–Kier alpha value is -2.84. The molecule has 4 rings (SSSR count). The molecule has 2 aliphatic heterocycles. The van der Waals surface area contributed by atoms with Crippen LogP contribution >= 0.6 is 0 Å². The minimum atomic E-state index is -1.59. The van der Waals surface area contributed by atoms with Crippen LogP contribution in [-0.4, -0.2) is 53.5 Å². The predicted molar refractivity (Wildman–Crippen MR) is 126 cm³/mol. The maximum atomic E-state index is 15.4. The Labute approximate surface area is 203 Å². The van der Waals surface area contributed by atoms with E-state index in [4.69, 9.17) is 14.6 Å². The predicted octanol–water partition coefficient (Wildman–Crippen LogP) is 5.31. The summed E-state index contributed by atoms with van der Waals surface area (Å²) in [5, 5.41) is 8.83. The highest BCUT2D eigenvalue weighted by atomic mass is 19.1. The van der Waals surface area contributed by atoms with E-state index < -0.39 is 29.3 Å². The average Bonchev–Trinajstić information content (AvgIpc) is 3.26. The first-order valence-electron chi connectivity index (χ1n) is 11.7. The number of aliphatic carboxylic acids is 1. The van der Waals surface area contributed by atoms with E-state index in [9.17, 15) is 9.18 Å². The van der Waals surface area contributed by atoms with Gasteiger partial charge in [0.15, 0.2) is 0 Å². The van der Waals surface area contributed by atoms with Gasteiger partial charge in [-0.25, -0.2) is 18.0 Å². The van der Waals surface area contributed by atoms with Gasteiger partial charge in [-0.2, -0.15) is 0 Å². The van der Waals surface area contributed by atoms with Crippen molar-refractivity contribution in [2.45, 2.75) is 57.5 Å². The van der Waals surface area contributed by atoms with Crippen LogP contribution in [0.5, 0.6) is 5.75 Å². The second-order valence-corrected chi connectivity index (χ2v) is 9.88. The van der Waals surface area contributed by atoms with Gasteiger partial charge in [-0.05, 0) is 74.2 Å². The van der Waals surface area contributed by atoms with Crippen LogP contribution in [-0.2, 0) is 16.0 Å². The molecule has 0 saturated carbocycles. The van der Waals surface area contributed by atoms with Crippen molar-refractivity contribution in [2.24, 2.45) is 0 Å². The fourth-order valence-electron chi connectivity index (χ4n) is 4.90. The van der Waals surface area contributed by atoms with Crippen molar-refractivity contribution in [1.82, 2.24) is 4.90 Å². The van der Waals surface area contributed by atoms with Crippen molar-refractivity contribution in [2.75, 3.05) is 19.8 Å². The lowest BCUT2D eigenvalue weighted by molar-refractivity contribution is -0.131. The Kier molecular flexibility index (Phi) is 7.24. The van der Waals surface area contributed by atoms with Crippen LogP contribution in [0.1, 0.15) is 55.5 Å². The summed E-state index contributed by atoms with van der Waals surface area (Å²) in [6, 6.07) is 6.63. The molecule has 5 nitrogen and oxygen atoms in total. The molecule has 188 valence electrons. The van der Waals surface area contributed by atoms with E-state index in [0.29, 0.717) is 30.9 Å². The molecule has 2 heterocycles. The lowest BCUT2D eigenvalue weighted by Crippen LogP contribution is -2.48. The Bertz CT molecular complexity index is 1100. The summed E-state index contributed by atoms with van der Waals surface area (Å²) in [6.07, 6.45) is 3.29. The molecular weight excluding hydrogens is 459 g/mol. The molecule has 3 atom stereocenters. The zero-order valence-corrected chi connectivity index (χ0v) is 20.1. The van der Waals surface area contributed by atoms with Gasteiger partial charge in [-0.1, -0.05) is 6.07 Å². The number of nitrogens with zero attached hydrogens (tertiary/aromatic N) is 1. The van der Waals surface area contributed by atoms with Gasteiger partial charge in [0, 0.05) is 30.6 Å². The highest BCUT2D eigenvalue weighted by Crippen LogP contribution is 2.42. The molecule has 1 fully saturated rings.